The molecule has 1 aliphatic rings. The van der Waals surface area contributed by atoms with Gasteiger partial charge in [-0.25, -0.2) is 9.37 Å². The Labute approximate surface area is 121 Å². The quantitative estimate of drug-likeness (QED) is 0.830. The lowest BCUT2D eigenvalue weighted by Gasteiger charge is -2.07. The zero-order chi connectivity index (χ0) is 14.7. The summed E-state index contributed by atoms with van der Waals surface area (Å²) in [6, 6.07) is 4.21. The molecular weight excluding hydrogens is 273 g/mol. The summed E-state index contributed by atoms with van der Waals surface area (Å²) in [5.41, 5.74) is 1.12. The second-order valence-electron chi connectivity index (χ2n) is 5.37. The number of hydrogen-bond donors (Lipinski definition) is 2. The molecule has 1 aromatic heterocycles. The minimum absolute atomic E-state index is 0.222. The van der Waals surface area contributed by atoms with Crippen LogP contribution in [0.25, 0.3) is 11.0 Å². The van der Waals surface area contributed by atoms with Crippen molar-refractivity contribution in [1.82, 2.24) is 15.3 Å². The molecule has 0 saturated carbocycles. The van der Waals surface area contributed by atoms with Crippen LogP contribution in [0, 0.1) is 11.7 Å². The maximum absolute atomic E-state index is 13.1. The van der Waals surface area contributed by atoms with Crippen molar-refractivity contribution in [2.75, 3.05) is 19.8 Å². The monoisotopic (exact) mass is 291 g/mol. The highest BCUT2D eigenvalue weighted by molar-refractivity contribution is 5.94. The second-order valence-corrected chi connectivity index (χ2v) is 5.37. The molecule has 3 rings (SSSR count). The third-order valence-electron chi connectivity index (χ3n) is 3.76. The highest BCUT2D eigenvalue weighted by Crippen LogP contribution is 2.17. The summed E-state index contributed by atoms with van der Waals surface area (Å²) in [7, 11) is 0. The van der Waals surface area contributed by atoms with Crippen LogP contribution < -0.4 is 5.32 Å². The molecule has 6 heteroatoms. The van der Waals surface area contributed by atoms with E-state index in [1.807, 2.05) is 0 Å². The summed E-state index contributed by atoms with van der Waals surface area (Å²) in [6.07, 6.45) is 3.10. The minimum atomic E-state index is -0.350. The number of carbonyl (C=O) groups is 1. The van der Waals surface area contributed by atoms with Gasteiger partial charge in [0.15, 0.2) is 5.82 Å². The molecule has 0 spiro atoms. The summed E-state index contributed by atoms with van der Waals surface area (Å²) in [6.45, 7) is 2.30. The van der Waals surface area contributed by atoms with Gasteiger partial charge in [-0.15, -0.1) is 0 Å². The number of benzene rings is 1. The third-order valence-corrected chi connectivity index (χ3v) is 3.76. The fourth-order valence-corrected chi connectivity index (χ4v) is 2.58. The SMILES string of the molecule is O=C(NCCCC1CCOC1)c1nc2ccc(F)cc2[nH]1. The Bertz CT molecular complexity index is 635. The maximum atomic E-state index is 13.1. The highest BCUT2D eigenvalue weighted by Gasteiger charge is 2.15. The van der Waals surface area contributed by atoms with Crippen LogP contribution in [-0.2, 0) is 4.74 Å². The molecule has 1 aromatic carbocycles. The summed E-state index contributed by atoms with van der Waals surface area (Å²) in [5.74, 6) is 0.238. The number of aromatic amines is 1. The first-order valence-electron chi connectivity index (χ1n) is 7.23. The number of rotatable bonds is 5. The van der Waals surface area contributed by atoms with Crippen LogP contribution in [0.5, 0.6) is 0 Å². The molecule has 1 unspecified atom stereocenters. The van der Waals surface area contributed by atoms with Crippen LogP contribution in [0.1, 0.15) is 29.9 Å². The summed E-state index contributed by atoms with van der Waals surface area (Å²) in [5, 5.41) is 2.83. The molecule has 0 aliphatic carbocycles. The van der Waals surface area contributed by atoms with Crippen LogP contribution in [0.3, 0.4) is 0 Å². The molecule has 1 fully saturated rings. The van der Waals surface area contributed by atoms with Gasteiger partial charge in [-0.05, 0) is 43.4 Å². The van der Waals surface area contributed by atoms with Gasteiger partial charge in [0.1, 0.15) is 5.82 Å². The van der Waals surface area contributed by atoms with Crippen molar-refractivity contribution in [1.29, 1.82) is 0 Å². The number of H-pyrrole nitrogens is 1. The van der Waals surface area contributed by atoms with Crippen molar-refractivity contribution in [3.8, 4) is 0 Å². The Morgan fingerprint density at radius 3 is 3.24 bits per heavy atom. The van der Waals surface area contributed by atoms with Crippen LogP contribution in [0.4, 0.5) is 4.39 Å². The minimum Gasteiger partial charge on any atom is -0.381 e. The van der Waals surface area contributed by atoms with Gasteiger partial charge in [0, 0.05) is 19.8 Å². The fraction of sp³-hybridized carbons (Fsp3) is 0.467. The number of imidazole rings is 1. The van der Waals surface area contributed by atoms with E-state index in [0.717, 1.165) is 32.5 Å². The molecule has 1 atom stereocenters. The van der Waals surface area contributed by atoms with Gasteiger partial charge in [0.05, 0.1) is 11.0 Å². The first-order valence-corrected chi connectivity index (χ1v) is 7.23. The fourth-order valence-electron chi connectivity index (χ4n) is 2.58. The lowest BCUT2D eigenvalue weighted by Crippen LogP contribution is -2.25. The van der Waals surface area contributed by atoms with Gasteiger partial charge in [0.25, 0.3) is 5.91 Å². The number of carbonyl (C=O) groups excluding carboxylic acids is 1. The van der Waals surface area contributed by atoms with Crippen molar-refractivity contribution < 1.29 is 13.9 Å². The van der Waals surface area contributed by atoms with E-state index in [1.54, 1.807) is 6.07 Å². The number of nitrogens with one attached hydrogen (secondary N) is 2. The molecular formula is C15H18FN3O2. The Kier molecular flexibility index (Phi) is 4.15. The molecule has 5 nitrogen and oxygen atoms in total. The van der Waals surface area contributed by atoms with E-state index in [1.165, 1.54) is 12.1 Å². The summed E-state index contributed by atoms with van der Waals surface area (Å²) in [4.78, 5) is 19.0. The predicted octanol–water partition coefficient (Wildman–Crippen LogP) is 2.25. The van der Waals surface area contributed by atoms with Gasteiger partial charge in [0.2, 0.25) is 0 Å². The Hall–Kier alpha value is -1.95. The van der Waals surface area contributed by atoms with Crippen molar-refractivity contribution in [2.24, 2.45) is 5.92 Å². The summed E-state index contributed by atoms with van der Waals surface area (Å²) >= 11 is 0. The van der Waals surface area contributed by atoms with Crippen molar-refractivity contribution in [2.45, 2.75) is 19.3 Å². The van der Waals surface area contributed by atoms with Crippen LogP contribution in [0.2, 0.25) is 0 Å². The van der Waals surface area contributed by atoms with E-state index < -0.39 is 0 Å². The average Bonchev–Trinajstić information content (AvgIpc) is 3.11. The molecule has 21 heavy (non-hydrogen) atoms. The Morgan fingerprint density at radius 1 is 1.52 bits per heavy atom. The lowest BCUT2D eigenvalue weighted by molar-refractivity contribution is 0.0943. The standard InChI is InChI=1S/C15H18FN3O2/c16-11-3-4-12-13(8-11)19-14(18-12)15(20)17-6-1-2-10-5-7-21-9-10/h3-4,8,10H,1-2,5-7,9H2,(H,17,20)(H,18,19). The normalized spacial score (nSPS) is 18.2. The average molecular weight is 291 g/mol. The van der Waals surface area contributed by atoms with Crippen LogP contribution in [0.15, 0.2) is 18.2 Å². The van der Waals surface area contributed by atoms with Gasteiger partial charge in [-0.2, -0.15) is 0 Å². The molecule has 1 saturated heterocycles. The first-order chi connectivity index (χ1) is 10.2. The largest absolute Gasteiger partial charge is 0.381 e. The van der Waals surface area contributed by atoms with E-state index in [-0.39, 0.29) is 17.5 Å². The summed E-state index contributed by atoms with van der Waals surface area (Å²) < 4.78 is 18.4. The molecule has 1 amide bonds. The zero-order valence-electron chi connectivity index (χ0n) is 11.7. The maximum Gasteiger partial charge on any atom is 0.287 e. The Morgan fingerprint density at radius 2 is 2.43 bits per heavy atom. The number of ether oxygens (including phenoxy) is 1. The molecule has 2 aromatic rings. The second kappa shape index (κ2) is 6.22. The van der Waals surface area contributed by atoms with E-state index in [9.17, 15) is 9.18 Å². The van der Waals surface area contributed by atoms with Crippen molar-refractivity contribution >= 4 is 16.9 Å². The molecule has 1 aliphatic heterocycles. The zero-order valence-corrected chi connectivity index (χ0v) is 11.7. The molecule has 0 bridgehead atoms. The van der Waals surface area contributed by atoms with Gasteiger partial charge >= 0.3 is 0 Å². The predicted molar refractivity (Wildman–Crippen MR) is 76.5 cm³/mol. The van der Waals surface area contributed by atoms with E-state index in [4.69, 9.17) is 4.74 Å². The van der Waals surface area contributed by atoms with Crippen LogP contribution in [-0.4, -0.2) is 35.6 Å². The smallest absolute Gasteiger partial charge is 0.287 e. The molecule has 2 heterocycles. The van der Waals surface area contributed by atoms with Crippen molar-refractivity contribution in [3.63, 3.8) is 0 Å². The van der Waals surface area contributed by atoms with E-state index >= 15 is 0 Å². The molecule has 112 valence electrons. The third kappa shape index (κ3) is 3.39. The molecule has 2 N–H and O–H groups in total. The Balaban J connectivity index is 1.51. The van der Waals surface area contributed by atoms with Gasteiger partial charge in [-0.1, -0.05) is 0 Å². The van der Waals surface area contributed by atoms with E-state index in [2.05, 4.69) is 15.3 Å². The van der Waals surface area contributed by atoms with Crippen molar-refractivity contribution in [3.05, 3.63) is 29.8 Å². The van der Waals surface area contributed by atoms with Gasteiger partial charge in [-0.3, -0.25) is 4.79 Å². The number of nitrogens with zero attached hydrogens (tertiary/aromatic N) is 1. The number of amides is 1. The lowest BCUT2D eigenvalue weighted by atomic mass is 10.0. The van der Waals surface area contributed by atoms with Gasteiger partial charge < -0.3 is 15.0 Å². The first kappa shape index (κ1) is 14.0. The topological polar surface area (TPSA) is 67.0 Å². The number of aromatic nitrogens is 2. The highest BCUT2D eigenvalue weighted by atomic mass is 19.1. The number of halogens is 1. The van der Waals surface area contributed by atoms with Crippen LogP contribution >= 0.6 is 0 Å². The number of hydrogen-bond acceptors (Lipinski definition) is 3. The van der Waals surface area contributed by atoms with E-state index in [0.29, 0.717) is 23.5 Å². The number of fused-ring (bicyclic) bond motifs is 1. The molecule has 0 radical (unpaired) electrons.